The predicted molar refractivity (Wildman–Crippen MR) is 71.5 cm³/mol. The standard InChI is InChI=1S/C11H19N3.H2O4S/c1-3-6-14(2)10-4-5-11-9(7-10)8-12-13-11;1-5(2,3)4/h8,10H,3-7H2,1-2H3,(H,12,13);(H2,1,2,3,4). The number of fused-ring (bicyclic) bond motifs is 1. The maximum atomic E-state index is 8.74. The number of likely N-dealkylation sites (N-methyl/N-ethyl adjacent to an activating group) is 1. The summed E-state index contributed by atoms with van der Waals surface area (Å²) in [5, 5.41) is 7.22. The summed E-state index contributed by atoms with van der Waals surface area (Å²) in [4.78, 5) is 2.48. The van der Waals surface area contributed by atoms with Gasteiger partial charge in [-0.15, -0.1) is 0 Å². The van der Waals surface area contributed by atoms with Crippen LogP contribution in [-0.2, 0) is 23.2 Å². The average Bonchev–Trinajstić information content (AvgIpc) is 2.73. The van der Waals surface area contributed by atoms with Crippen molar-refractivity contribution < 1.29 is 17.5 Å². The van der Waals surface area contributed by atoms with Gasteiger partial charge in [0.05, 0.1) is 5.69 Å². The molecule has 2 rings (SSSR count). The third-order valence-electron chi connectivity index (χ3n) is 3.18. The molecule has 0 saturated heterocycles. The molecular weight excluding hydrogens is 270 g/mol. The molecule has 0 bridgehead atoms. The van der Waals surface area contributed by atoms with Gasteiger partial charge in [-0.05, 0) is 44.8 Å². The van der Waals surface area contributed by atoms with Gasteiger partial charge in [-0.1, -0.05) is 6.92 Å². The fourth-order valence-corrected chi connectivity index (χ4v) is 2.31. The van der Waals surface area contributed by atoms with Crippen LogP contribution >= 0.6 is 0 Å². The number of rotatable bonds is 3. The lowest BCUT2D eigenvalue weighted by Gasteiger charge is -2.30. The van der Waals surface area contributed by atoms with Crippen molar-refractivity contribution in [2.45, 2.75) is 38.6 Å². The van der Waals surface area contributed by atoms with Crippen LogP contribution in [0.15, 0.2) is 6.20 Å². The second-order valence-electron chi connectivity index (χ2n) is 4.68. The lowest BCUT2D eigenvalue weighted by Crippen LogP contribution is -2.36. The van der Waals surface area contributed by atoms with E-state index in [1.165, 1.54) is 37.1 Å². The molecule has 8 heteroatoms. The first kappa shape index (κ1) is 16.1. The summed E-state index contributed by atoms with van der Waals surface area (Å²) in [5.41, 5.74) is 2.70. The molecule has 110 valence electrons. The van der Waals surface area contributed by atoms with Gasteiger partial charge >= 0.3 is 10.4 Å². The second kappa shape index (κ2) is 6.99. The number of nitrogens with zero attached hydrogens (tertiary/aromatic N) is 2. The number of H-pyrrole nitrogens is 1. The molecule has 1 aliphatic rings. The zero-order valence-corrected chi connectivity index (χ0v) is 12.0. The first-order chi connectivity index (χ1) is 8.81. The first-order valence-electron chi connectivity index (χ1n) is 6.23. The molecule has 0 saturated carbocycles. The lowest BCUT2D eigenvalue weighted by molar-refractivity contribution is 0.222. The van der Waals surface area contributed by atoms with Gasteiger partial charge in [-0.2, -0.15) is 13.5 Å². The van der Waals surface area contributed by atoms with E-state index in [1.807, 2.05) is 0 Å². The molecule has 1 aromatic heterocycles. The van der Waals surface area contributed by atoms with Crippen LogP contribution in [0.5, 0.6) is 0 Å². The minimum atomic E-state index is -4.67. The van der Waals surface area contributed by atoms with E-state index in [-0.39, 0.29) is 0 Å². The molecule has 0 radical (unpaired) electrons. The SMILES string of the molecule is CCCN(C)C1CCc2n[nH]cc2C1.O=S(=O)(O)O. The Labute approximate surface area is 113 Å². The van der Waals surface area contributed by atoms with Crippen LogP contribution in [-0.4, -0.2) is 52.3 Å². The summed E-state index contributed by atoms with van der Waals surface area (Å²) in [6, 6.07) is 0.722. The number of nitrogens with one attached hydrogen (secondary N) is 1. The van der Waals surface area contributed by atoms with E-state index in [4.69, 9.17) is 17.5 Å². The van der Waals surface area contributed by atoms with Gasteiger partial charge in [0.25, 0.3) is 0 Å². The van der Waals surface area contributed by atoms with E-state index in [0.29, 0.717) is 0 Å². The minimum Gasteiger partial charge on any atom is -0.303 e. The molecule has 7 nitrogen and oxygen atoms in total. The number of aromatic amines is 1. The lowest BCUT2D eigenvalue weighted by atomic mass is 9.92. The Balaban J connectivity index is 0.000000312. The Hall–Kier alpha value is -0.960. The van der Waals surface area contributed by atoms with Gasteiger partial charge in [-0.25, -0.2) is 0 Å². The molecule has 3 N–H and O–H groups in total. The summed E-state index contributed by atoms with van der Waals surface area (Å²) >= 11 is 0. The third kappa shape index (κ3) is 6.15. The van der Waals surface area contributed by atoms with Gasteiger partial charge in [0, 0.05) is 12.2 Å². The molecule has 1 unspecified atom stereocenters. The fourth-order valence-electron chi connectivity index (χ4n) is 2.31. The Morgan fingerprint density at radius 3 is 2.74 bits per heavy atom. The topological polar surface area (TPSA) is 107 Å². The van der Waals surface area contributed by atoms with Crippen LogP contribution < -0.4 is 0 Å². The van der Waals surface area contributed by atoms with Crippen LogP contribution in [0.25, 0.3) is 0 Å². The average molecular weight is 291 g/mol. The highest BCUT2D eigenvalue weighted by molar-refractivity contribution is 7.79. The second-order valence-corrected chi connectivity index (χ2v) is 5.58. The van der Waals surface area contributed by atoms with Gasteiger partial charge < -0.3 is 4.90 Å². The summed E-state index contributed by atoms with van der Waals surface area (Å²) < 4.78 is 31.6. The van der Waals surface area contributed by atoms with E-state index in [2.05, 4.69) is 35.3 Å². The molecule has 0 aromatic carbocycles. The largest absolute Gasteiger partial charge is 0.394 e. The van der Waals surface area contributed by atoms with Crippen molar-refractivity contribution in [3.8, 4) is 0 Å². The van der Waals surface area contributed by atoms with E-state index in [0.717, 1.165) is 12.5 Å². The molecular formula is C11H21N3O4S. The van der Waals surface area contributed by atoms with Crippen LogP contribution in [0, 0.1) is 0 Å². The van der Waals surface area contributed by atoms with Crippen molar-refractivity contribution in [1.82, 2.24) is 15.1 Å². The molecule has 0 fully saturated rings. The molecule has 1 aromatic rings. The number of aryl methyl sites for hydroxylation is 1. The van der Waals surface area contributed by atoms with E-state index in [1.54, 1.807) is 0 Å². The summed E-state index contributed by atoms with van der Waals surface area (Å²) in [5.74, 6) is 0. The zero-order valence-electron chi connectivity index (χ0n) is 11.2. The van der Waals surface area contributed by atoms with Crippen molar-refractivity contribution in [3.05, 3.63) is 17.5 Å². The molecule has 19 heavy (non-hydrogen) atoms. The van der Waals surface area contributed by atoms with Crippen molar-refractivity contribution in [2.75, 3.05) is 13.6 Å². The van der Waals surface area contributed by atoms with Crippen LogP contribution in [0.4, 0.5) is 0 Å². The Morgan fingerprint density at radius 2 is 2.16 bits per heavy atom. The summed E-state index contributed by atoms with van der Waals surface area (Å²) in [7, 11) is -2.43. The highest BCUT2D eigenvalue weighted by Gasteiger charge is 2.22. The monoisotopic (exact) mass is 291 g/mol. The Morgan fingerprint density at radius 1 is 1.53 bits per heavy atom. The van der Waals surface area contributed by atoms with Crippen LogP contribution in [0.3, 0.4) is 0 Å². The normalized spacial score (nSPS) is 18.7. The smallest absolute Gasteiger partial charge is 0.303 e. The van der Waals surface area contributed by atoms with Gasteiger partial charge in [0.15, 0.2) is 0 Å². The summed E-state index contributed by atoms with van der Waals surface area (Å²) in [6.45, 7) is 3.44. The molecule has 1 aliphatic carbocycles. The van der Waals surface area contributed by atoms with Crippen LogP contribution in [0.2, 0.25) is 0 Å². The highest BCUT2D eigenvalue weighted by Crippen LogP contribution is 2.21. The predicted octanol–water partition coefficient (Wildman–Crippen LogP) is 0.956. The molecule has 0 spiro atoms. The maximum absolute atomic E-state index is 8.74. The third-order valence-corrected chi connectivity index (χ3v) is 3.18. The van der Waals surface area contributed by atoms with Crippen molar-refractivity contribution in [2.24, 2.45) is 0 Å². The molecule has 0 aliphatic heterocycles. The molecule has 0 amide bonds. The Kier molecular flexibility index (Phi) is 5.92. The minimum absolute atomic E-state index is 0.722. The van der Waals surface area contributed by atoms with Gasteiger partial charge in [-0.3, -0.25) is 14.2 Å². The number of aromatic nitrogens is 2. The van der Waals surface area contributed by atoms with Crippen LogP contribution in [0.1, 0.15) is 31.0 Å². The molecule has 1 heterocycles. The van der Waals surface area contributed by atoms with Crippen molar-refractivity contribution >= 4 is 10.4 Å². The number of hydrogen-bond donors (Lipinski definition) is 3. The first-order valence-corrected chi connectivity index (χ1v) is 7.62. The fraction of sp³-hybridized carbons (Fsp3) is 0.727. The molecule has 1 atom stereocenters. The van der Waals surface area contributed by atoms with Crippen molar-refractivity contribution in [1.29, 1.82) is 0 Å². The summed E-state index contributed by atoms with van der Waals surface area (Å²) in [6.07, 6.45) is 6.86. The zero-order chi connectivity index (χ0) is 14.5. The van der Waals surface area contributed by atoms with Gasteiger partial charge in [0.2, 0.25) is 0 Å². The van der Waals surface area contributed by atoms with E-state index >= 15 is 0 Å². The maximum Gasteiger partial charge on any atom is 0.394 e. The van der Waals surface area contributed by atoms with Crippen molar-refractivity contribution in [3.63, 3.8) is 0 Å². The number of hydrogen-bond acceptors (Lipinski definition) is 4. The van der Waals surface area contributed by atoms with Gasteiger partial charge in [0.1, 0.15) is 0 Å². The van der Waals surface area contributed by atoms with E-state index < -0.39 is 10.4 Å². The quantitative estimate of drug-likeness (QED) is 0.716. The van der Waals surface area contributed by atoms with E-state index in [9.17, 15) is 0 Å². The Bertz CT molecular complexity index is 478. The highest BCUT2D eigenvalue weighted by atomic mass is 32.3.